The summed E-state index contributed by atoms with van der Waals surface area (Å²) in [6, 6.07) is 14.8. The molecule has 1 unspecified atom stereocenters. The highest BCUT2D eigenvalue weighted by molar-refractivity contribution is 6.00. The molecule has 2 fully saturated rings. The summed E-state index contributed by atoms with van der Waals surface area (Å²) in [6.07, 6.45) is 5.41. The van der Waals surface area contributed by atoms with Crippen LogP contribution in [0.15, 0.2) is 53.7 Å². The smallest absolute Gasteiger partial charge is 0.244 e. The molecule has 1 saturated heterocycles. The second-order valence-electron chi connectivity index (χ2n) is 9.91. The van der Waals surface area contributed by atoms with Gasteiger partial charge in [0, 0.05) is 44.8 Å². The van der Waals surface area contributed by atoms with Crippen molar-refractivity contribution in [2.45, 2.75) is 52.0 Å². The molecule has 6 nitrogen and oxygen atoms in total. The average molecular weight is 495 g/mol. The number of benzene rings is 2. The molecule has 0 bridgehead atoms. The van der Waals surface area contributed by atoms with Crippen LogP contribution < -0.4 is 4.90 Å². The molecular formula is C29H39FN4O2. The molecule has 0 spiro atoms. The van der Waals surface area contributed by atoms with Crippen molar-refractivity contribution in [1.29, 1.82) is 0 Å². The molecule has 1 aliphatic heterocycles. The number of nitrogens with zero attached hydrogens (tertiary/aromatic N) is 4. The fourth-order valence-electron chi connectivity index (χ4n) is 5.72. The lowest BCUT2D eigenvalue weighted by Gasteiger charge is -2.41. The first-order valence-electron chi connectivity index (χ1n) is 13.4. The van der Waals surface area contributed by atoms with Gasteiger partial charge in [-0.25, -0.2) is 4.39 Å². The van der Waals surface area contributed by atoms with Crippen molar-refractivity contribution in [3.05, 3.63) is 65.5 Å². The number of likely N-dealkylation sites (N-methyl/N-ethyl adjacent to an activating group) is 1. The topological polar surface area (TPSA) is 59.4 Å². The molecule has 1 N–H and O–H groups in total. The van der Waals surface area contributed by atoms with Crippen molar-refractivity contribution in [2.75, 3.05) is 44.2 Å². The Balaban J connectivity index is 1.45. The average Bonchev–Trinajstić information content (AvgIpc) is 3.43. The minimum Gasteiger partial charge on any atom is -0.411 e. The number of anilines is 1. The molecule has 1 atom stereocenters. The number of piperazine rings is 1. The molecule has 194 valence electrons. The van der Waals surface area contributed by atoms with Crippen LogP contribution in [0, 0.1) is 11.7 Å². The van der Waals surface area contributed by atoms with Gasteiger partial charge in [-0.2, -0.15) is 0 Å². The molecule has 0 aromatic heterocycles. The standard InChI is InChI=1S/C29H39FN4O2/c1-3-32(4-2)29(35)28(23-12-6-5-7-13-23)34-18-16-33(17-19-34)27-15-14-24(21-25(27)30)26(31-36)20-22-10-8-9-11-22/h5-7,12-15,21-22,28,36H,3-4,8-11,16-20H2,1-2H3. The highest BCUT2D eigenvalue weighted by Crippen LogP contribution is 2.31. The SMILES string of the molecule is CCN(CC)C(=O)C(c1ccccc1)N1CCN(c2ccc(C(CC3CCCC3)=NO)cc2F)CC1. The highest BCUT2D eigenvalue weighted by atomic mass is 19.1. The van der Waals surface area contributed by atoms with Crippen LogP contribution in [0.2, 0.25) is 0 Å². The molecule has 1 heterocycles. The zero-order valence-corrected chi connectivity index (χ0v) is 21.6. The van der Waals surface area contributed by atoms with Gasteiger partial charge in [-0.15, -0.1) is 0 Å². The van der Waals surface area contributed by atoms with E-state index in [1.54, 1.807) is 6.07 Å². The Hall–Kier alpha value is -2.93. The highest BCUT2D eigenvalue weighted by Gasteiger charge is 2.33. The van der Waals surface area contributed by atoms with Crippen LogP contribution in [0.5, 0.6) is 0 Å². The molecule has 7 heteroatoms. The first kappa shape index (κ1) is 26.1. The third-order valence-corrected chi connectivity index (χ3v) is 7.80. The van der Waals surface area contributed by atoms with E-state index in [0.29, 0.717) is 68.6 Å². The van der Waals surface area contributed by atoms with E-state index >= 15 is 4.39 Å². The monoisotopic (exact) mass is 494 g/mol. The van der Waals surface area contributed by atoms with Crippen molar-refractivity contribution in [3.63, 3.8) is 0 Å². The number of hydrogen-bond acceptors (Lipinski definition) is 5. The van der Waals surface area contributed by atoms with Gasteiger partial charge in [0.25, 0.3) is 0 Å². The Morgan fingerprint density at radius 2 is 1.72 bits per heavy atom. The lowest BCUT2D eigenvalue weighted by atomic mass is 9.96. The van der Waals surface area contributed by atoms with Gasteiger partial charge in [-0.05, 0) is 43.9 Å². The summed E-state index contributed by atoms with van der Waals surface area (Å²) in [4.78, 5) is 19.6. The van der Waals surface area contributed by atoms with Crippen LogP contribution in [0.3, 0.4) is 0 Å². The normalized spacial score (nSPS) is 18.4. The molecule has 0 radical (unpaired) electrons. The summed E-state index contributed by atoms with van der Waals surface area (Å²) in [6.45, 7) is 7.97. The lowest BCUT2D eigenvalue weighted by molar-refractivity contribution is -0.137. The van der Waals surface area contributed by atoms with Gasteiger partial charge < -0.3 is 15.0 Å². The lowest BCUT2D eigenvalue weighted by Crippen LogP contribution is -2.52. The summed E-state index contributed by atoms with van der Waals surface area (Å²) < 4.78 is 15.2. The zero-order valence-electron chi connectivity index (χ0n) is 21.6. The van der Waals surface area contributed by atoms with Crippen molar-refractivity contribution in [3.8, 4) is 0 Å². The Morgan fingerprint density at radius 1 is 1.06 bits per heavy atom. The minimum absolute atomic E-state index is 0.119. The fraction of sp³-hybridized carbons (Fsp3) is 0.517. The number of carbonyl (C=O) groups excluding carboxylic acids is 1. The molecule has 2 aliphatic rings. The van der Waals surface area contributed by atoms with Gasteiger partial charge in [0.15, 0.2) is 0 Å². The van der Waals surface area contributed by atoms with Crippen molar-refractivity contribution >= 4 is 17.3 Å². The van der Waals surface area contributed by atoms with E-state index < -0.39 is 0 Å². The number of rotatable bonds is 9. The van der Waals surface area contributed by atoms with E-state index in [4.69, 9.17) is 0 Å². The predicted molar refractivity (Wildman–Crippen MR) is 142 cm³/mol. The number of halogens is 1. The van der Waals surface area contributed by atoms with Gasteiger partial charge in [-0.1, -0.05) is 67.2 Å². The van der Waals surface area contributed by atoms with Gasteiger partial charge in [0.2, 0.25) is 5.91 Å². The number of carbonyl (C=O) groups is 1. The third kappa shape index (κ3) is 5.89. The number of oxime groups is 1. The third-order valence-electron chi connectivity index (χ3n) is 7.80. The second kappa shape index (κ2) is 12.3. The van der Waals surface area contributed by atoms with Crippen LogP contribution in [-0.2, 0) is 4.79 Å². The van der Waals surface area contributed by atoms with E-state index in [-0.39, 0.29) is 17.8 Å². The summed E-state index contributed by atoms with van der Waals surface area (Å²) in [7, 11) is 0. The molecule has 1 amide bonds. The maximum Gasteiger partial charge on any atom is 0.244 e. The quantitative estimate of drug-likeness (QED) is 0.291. The molecule has 1 aliphatic carbocycles. The van der Waals surface area contributed by atoms with Gasteiger partial charge in [0.05, 0.1) is 11.4 Å². The molecular weight excluding hydrogens is 455 g/mol. The van der Waals surface area contributed by atoms with Crippen molar-refractivity contribution in [1.82, 2.24) is 9.80 Å². The summed E-state index contributed by atoms with van der Waals surface area (Å²) in [5, 5.41) is 13.1. The summed E-state index contributed by atoms with van der Waals surface area (Å²) in [5.41, 5.74) is 2.77. The fourth-order valence-corrected chi connectivity index (χ4v) is 5.72. The second-order valence-corrected chi connectivity index (χ2v) is 9.91. The minimum atomic E-state index is -0.334. The number of hydrogen-bond donors (Lipinski definition) is 1. The predicted octanol–water partition coefficient (Wildman–Crippen LogP) is 5.32. The van der Waals surface area contributed by atoms with E-state index in [0.717, 1.165) is 18.4 Å². The zero-order chi connectivity index (χ0) is 25.5. The molecule has 4 rings (SSSR count). The van der Waals surface area contributed by atoms with E-state index in [9.17, 15) is 10.0 Å². The summed E-state index contributed by atoms with van der Waals surface area (Å²) >= 11 is 0. The van der Waals surface area contributed by atoms with Crippen LogP contribution in [0.1, 0.15) is 63.1 Å². The Kier molecular flexibility index (Phi) is 8.97. The Labute approximate surface area is 214 Å². The van der Waals surface area contributed by atoms with E-state index in [1.165, 1.54) is 18.9 Å². The van der Waals surface area contributed by atoms with Crippen LogP contribution in [-0.4, -0.2) is 65.9 Å². The summed E-state index contributed by atoms with van der Waals surface area (Å²) in [5.74, 6) is 0.337. The molecule has 1 saturated carbocycles. The number of amides is 1. The maximum absolute atomic E-state index is 15.2. The van der Waals surface area contributed by atoms with Crippen molar-refractivity contribution in [2.24, 2.45) is 11.1 Å². The molecule has 2 aromatic carbocycles. The first-order chi connectivity index (χ1) is 17.5. The first-order valence-corrected chi connectivity index (χ1v) is 13.4. The van der Waals surface area contributed by atoms with Crippen LogP contribution in [0.4, 0.5) is 10.1 Å². The molecule has 36 heavy (non-hydrogen) atoms. The largest absolute Gasteiger partial charge is 0.411 e. The maximum atomic E-state index is 15.2. The Bertz CT molecular complexity index is 1030. The molecule has 2 aromatic rings. The van der Waals surface area contributed by atoms with Gasteiger partial charge in [-0.3, -0.25) is 9.69 Å². The van der Waals surface area contributed by atoms with E-state index in [2.05, 4.69) is 10.1 Å². The Morgan fingerprint density at radius 3 is 2.31 bits per heavy atom. The van der Waals surface area contributed by atoms with Gasteiger partial charge >= 0.3 is 0 Å². The van der Waals surface area contributed by atoms with Crippen LogP contribution in [0.25, 0.3) is 0 Å². The van der Waals surface area contributed by atoms with Crippen molar-refractivity contribution < 1.29 is 14.4 Å². The van der Waals surface area contributed by atoms with E-state index in [1.807, 2.05) is 60.0 Å². The van der Waals surface area contributed by atoms with Gasteiger partial charge in [0.1, 0.15) is 11.9 Å². The van der Waals surface area contributed by atoms with Crippen LogP contribution >= 0.6 is 0 Å².